The first-order valence-corrected chi connectivity index (χ1v) is 11.2. The molecule has 2 aromatic carbocycles. The van der Waals surface area contributed by atoms with Gasteiger partial charge in [0.2, 0.25) is 0 Å². The number of carbonyl (C=O) groups excluding carboxylic acids is 2. The largest absolute Gasteiger partial charge is 0.352 e. The predicted molar refractivity (Wildman–Crippen MR) is 120 cm³/mol. The molecule has 0 radical (unpaired) electrons. The Kier molecular flexibility index (Phi) is 6.67. The van der Waals surface area contributed by atoms with Crippen molar-refractivity contribution in [1.82, 2.24) is 10.2 Å². The summed E-state index contributed by atoms with van der Waals surface area (Å²) in [5.41, 5.74) is 2.53. The van der Waals surface area contributed by atoms with Crippen molar-refractivity contribution in [3.05, 3.63) is 65.7 Å². The maximum absolute atomic E-state index is 12.6. The second kappa shape index (κ2) is 9.79. The van der Waals surface area contributed by atoms with Crippen molar-refractivity contribution >= 4 is 17.6 Å². The normalized spacial score (nSPS) is 19.1. The zero-order valence-corrected chi connectivity index (χ0v) is 17.5. The number of nitrogens with zero attached hydrogens (tertiary/aromatic N) is 1. The molecule has 1 aliphatic heterocycles. The molecule has 0 aromatic heterocycles. The van der Waals surface area contributed by atoms with Gasteiger partial charge in [-0.15, -0.1) is 0 Å². The number of hydrogen-bond donors (Lipinski definition) is 2. The fourth-order valence-electron chi connectivity index (χ4n) is 4.76. The standard InChI is InChI=1S/C25H31N3O2/c29-24(26-16-14-19-6-2-1-3-7-19)21-10-12-23(13-11-21)27-25(30)28-17-15-22(18-28)20-8-4-5-9-20/h1-3,6-7,10-13,20,22H,4-5,8-9,14-18H2,(H,26,29)(H,27,30). The minimum atomic E-state index is -0.0947. The zero-order valence-electron chi connectivity index (χ0n) is 17.5. The molecular weight excluding hydrogens is 374 g/mol. The molecule has 1 aliphatic carbocycles. The van der Waals surface area contributed by atoms with Crippen LogP contribution >= 0.6 is 0 Å². The van der Waals surface area contributed by atoms with Crippen LogP contribution in [0, 0.1) is 11.8 Å². The first-order valence-electron chi connectivity index (χ1n) is 11.2. The summed E-state index contributed by atoms with van der Waals surface area (Å²) in [7, 11) is 0. The molecule has 5 nitrogen and oxygen atoms in total. The molecule has 0 bridgehead atoms. The van der Waals surface area contributed by atoms with Crippen LogP contribution in [0.25, 0.3) is 0 Å². The molecule has 4 rings (SSSR count). The zero-order chi connectivity index (χ0) is 20.8. The molecule has 2 N–H and O–H groups in total. The highest BCUT2D eigenvalue weighted by molar-refractivity contribution is 5.95. The Morgan fingerprint density at radius 1 is 0.900 bits per heavy atom. The highest BCUT2D eigenvalue weighted by Crippen LogP contribution is 2.36. The van der Waals surface area contributed by atoms with E-state index in [0.717, 1.165) is 37.5 Å². The number of amides is 3. The van der Waals surface area contributed by atoms with Crippen LogP contribution in [0.15, 0.2) is 54.6 Å². The number of benzene rings is 2. The van der Waals surface area contributed by atoms with E-state index in [0.29, 0.717) is 18.0 Å². The lowest BCUT2D eigenvalue weighted by Crippen LogP contribution is -2.33. The van der Waals surface area contributed by atoms with Crippen molar-refractivity contribution < 1.29 is 9.59 Å². The average molecular weight is 406 g/mol. The van der Waals surface area contributed by atoms with E-state index in [9.17, 15) is 9.59 Å². The molecular formula is C25H31N3O2. The predicted octanol–water partition coefficient (Wildman–Crippen LogP) is 4.70. The van der Waals surface area contributed by atoms with Gasteiger partial charge in [-0.2, -0.15) is 0 Å². The maximum Gasteiger partial charge on any atom is 0.321 e. The lowest BCUT2D eigenvalue weighted by Gasteiger charge is -2.20. The molecule has 2 fully saturated rings. The van der Waals surface area contributed by atoms with E-state index < -0.39 is 0 Å². The highest BCUT2D eigenvalue weighted by atomic mass is 16.2. The monoisotopic (exact) mass is 405 g/mol. The minimum Gasteiger partial charge on any atom is -0.352 e. The van der Waals surface area contributed by atoms with E-state index in [-0.39, 0.29) is 11.9 Å². The first-order chi connectivity index (χ1) is 14.7. The number of rotatable bonds is 6. The molecule has 3 amide bonds. The number of carbonyl (C=O) groups is 2. The van der Waals surface area contributed by atoms with Gasteiger partial charge in [-0.25, -0.2) is 4.79 Å². The van der Waals surface area contributed by atoms with E-state index in [2.05, 4.69) is 22.8 Å². The van der Waals surface area contributed by atoms with Crippen molar-refractivity contribution in [1.29, 1.82) is 0 Å². The quantitative estimate of drug-likeness (QED) is 0.732. The molecule has 1 saturated carbocycles. The van der Waals surface area contributed by atoms with Gasteiger partial charge >= 0.3 is 6.03 Å². The van der Waals surface area contributed by atoms with E-state index in [1.54, 1.807) is 24.3 Å². The van der Waals surface area contributed by atoms with Gasteiger partial charge in [0.1, 0.15) is 0 Å². The highest BCUT2D eigenvalue weighted by Gasteiger charge is 2.33. The van der Waals surface area contributed by atoms with Gasteiger partial charge in [-0.3, -0.25) is 4.79 Å². The lowest BCUT2D eigenvalue weighted by molar-refractivity contribution is 0.0954. The number of urea groups is 1. The van der Waals surface area contributed by atoms with Gasteiger partial charge in [0.15, 0.2) is 0 Å². The second-order valence-corrected chi connectivity index (χ2v) is 8.54. The summed E-state index contributed by atoms with van der Waals surface area (Å²) in [5.74, 6) is 1.38. The van der Waals surface area contributed by atoms with Crippen LogP contribution in [-0.2, 0) is 6.42 Å². The van der Waals surface area contributed by atoms with Crippen molar-refractivity contribution in [2.75, 3.05) is 25.0 Å². The third-order valence-electron chi connectivity index (χ3n) is 6.52. The Balaban J connectivity index is 1.23. The summed E-state index contributed by atoms with van der Waals surface area (Å²) < 4.78 is 0. The van der Waals surface area contributed by atoms with Gasteiger partial charge in [0.05, 0.1) is 0 Å². The van der Waals surface area contributed by atoms with Gasteiger partial charge in [0, 0.05) is 30.9 Å². The summed E-state index contributed by atoms with van der Waals surface area (Å²) in [4.78, 5) is 26.9. The van der Waals surface area contributed by atoms with E-state index in [1.807, 2.05) is 23.1 Å². The van der Waals surface area contributed by atoms with Crippen molar-refractivity contribution in [2.24, 2.45) is 11.8 Å². The second-order valence-electron chi connectivity index (χ2n) is 8.54. The first kappa shape index (κ1) is 20.5. The van der Waals surface area contributed by atoms with Crippen molar-refractivity contribution in [3.8, 4) is 0 Å². The molecule has 2 aromatic rings. The number of likely N-dealkylation sites (tertiary alicyclic amines) is 1. The van der Waals surface area contributed by atoms with Gasteiger partial charge in [0.25, 0.3) is 5.91 Å². The summed E-state index contributed by atoms with van der Waals surface area (Å²) >= 11 is 0. The smallest absolute Gasteiger partial charge is 0.321 e. The molecule has 158 valence electrons. The SMILES string of the molecule is O=C(NCCc1ccccc1)c1ccc(NC(=O)N2CCC(C3CCCC3)C2)cc1. The molecule has 1 saturated heterocycles. The third-order valence-corrected chi connectivity index (χ3v) is 6.52. The van der Waals surface area contributed by atoms with E-state index >= 15 is 0 Å². The molecule has 1 heterocycles. The van der Waals surface area contributed by atoms with Gasteiger partial charge in [-0.05, 0) is 54.5 Å². The van der Waals surface area contributed by atoms with Gasteiger partial charge < -0.3 is 15.5 Å². The Bertz CT molecular complexity index is 844. The van der Waals surface area contributed by atoms with Crippen LogP contribution in [0.5, 0.6) is 0 Å². The van der Waals surface area contributed by atoms with Gasteiger partial charge in [-0.1, -0.05) is 56.0 Å². The van der Waals surface area contributed by atoms with Crippen LogP contribution in [-0.4, -0.2) is 36.5 Å². The van der Waals surface area contributed by atoms with Crippen LogP contribution < -0.4 is 10.6 Å². The Hall–Kier alpha value is -2.82. The number of anilines is 1. The van der Waals surface area contributed by atoms with Crippen LogP contribution in [0.1, 0.15) is 48.0 Å². The molecule has 0 spiro atoms. The minimum absolute atomic E-state index is 0.0319. The molecule has 5 heteroatoms. The molecule has 30 heavy (non-hydrogen) atoms. The lowest BCUT2D eigenvalue weighted by atomic mass is 9.90. The topological polar surface area (TPSA) is 61.4 Å². The Labute approximate surface area is 178 Å². The van der Waals surface area contributed by atoms with Crippen LogP contribution in [0.4, 0.5) is 10.5 Å². The molecule has 2 aliphatic rings. The summed E-state index contributed by atoms with van der Waals surface area (Å²) in [6, 6.07) is 17.2. The fourth-order valence-corrected chi connectivity index (χ4v) is 4.76. The van der Waals surface area contributed by atoms with Crippen molar-refractivity contribution in [2.45, 2.75) is 38.5 Å². The van der Waals surface area contributed by atoms with E-state index in [1.165, 1.54) is 31.2 Å². The molecule has 1 atom stereocenters. The molecule has 1 unspecified atom stereocenters. The fraction of sp³-hybridized carbons (Fsp3) is 0.440. The van der Waals surface area contributed by atoms with E-state index in [4.69, 9.17) is 0 Å². The maximum atomic E-state index is 12.6. The van der Waals surface area contributed by atoms with Crippen molar-refractivity contribution in [3.63, 3.8) is 0 Å². The Morgan fingerprint density at radius 3 is 2.37 bits per heavy atom. The summed E-state index contributed by atoms with van der Waals surface area (Å²) in [5, 5.41) is 5.93. The Morgan fingerprint density at radius 2 is 1.63 bits per heavy atom. The van der Waals surface area contributed by atoms with Crippen LogP contribution in [0.2, 0.25) is 0 Å². The number of nitrogens with one attached hydrogen (secondary N) is 2. The summed E-state index contributed by atoms with van der Waals surface area (Å²) in [6.07, 6.45) is 7.28. The van der Waals surface area contributed by atoms with Crippen LogP contribution in [0.3, 0.4) is 0 Å². The third kappa shape index (κ3) is 5.21. The average Bonchev–Trinajstić information content (AvgIpc) is 3.47. The summed E-state index contributed by atoms with van der Waals surface area (Å²) in [6.45, 7) is 2.31. The number of hydrogen-bond acceptors (Lipinski definition) is 2.